The van der Waals surface area contributed by atoms with Gasteiger partial charge in [0.15, 0.2) is 0 Å². The zero-order chi connectivity index (χ0) is 49.3. The van der Waals surface area contributed by atoms with Crippen molar-refractivity contribution in [2.75, 3.05) is 33.4 Å². The van der Waals surface area contributed by atoms with Crippen molar-refractivity contribution in [2.45, 2.75) is 130 Å². The summed E-state index contributed by atoms with van der Waals surface area (Å²) in [5, 5.41) is 20.2. The minimum Gasteiger partial charge on any atom is -0.464 e. The summed E-state index contributed by atoms with van der Waals surface area (Å²) in [7, 11) is 1.65. The normalized spacial score (nSPS) is 20.2. The lowest BCUT2D eigenvalue weighted by Gasteiger charge is -2.38. The van der Waals surface area contributed by atoms with Crippen LogP contribution in [-0.4, -0.2) is 105 Å². The van der Waals surface area contributed by atoms with E-state index in [-0.39, 0.29) is 32.5 Å². The van der Waals surface area contributed by atoms with Crippen LogP contribution >= 0.6 is 11.3 Å². The molecule has 6 bridgehead atoms. The van der Waals surface area contributed by atoms with Gasteiger partial charge in [-0.15, -0.1) is 11.3 Å². The van der Waals surface area contributed by atoms with Crippen molar-refractivity contribution in [2.24, 2.45) is 5.41 Å². The van der Waals surface area contributed by atoms with Gasteiger partial charge in [0, 0.05) is 84.3 Å². The van der Waals surface area contributed by atoms with Gasteiger partial charge >= 0.3 is 18.2 Å². The molecule has 3 aliphatic heterocycles. The summed E-state index contributed by atoms with van der Waals surface area (Å²) in [5.74, 6) is -0.883. The number of pyridine rings is 1. The molecule has 69 heavy (non-hydrogen) atoms. The molecule has 3 amide bonds. The Labute approximate surface area is 407 Å². The van der Waals surface area contributed by atoms with Crippen LogP contribution in [0.4, 0.5) is 9.59 Å². The van der Waals surface area contributed by atoms with E-state index < -0.39 is 58.9 Å². The Balaban J connectivity index is 1.19. The second kappa shape index (κ2) is 20.2. The van der Waals surface area contributed by atoms with Gasteiger partial charge in [-0.1, -0.05) is 50.2 Å². The highest BCUT2D eigenvalue weighted by Gasteiger charge is 2.39. The highest BCUT2D eigenvalue weighted by molar-refractivity contribution is 7.10. The lowest BCUT2D eigenvalue weighted by atomic mass is 9.82. The zero-order valence-corrected chi connectivity index (χ0v) is 41.7. The third-order valence-electron chi connectivity index (χ3n) is 13.2. The van der Waals surface area contributed by atoms with E-state index in [1.807, 2.05) is 54.8 Å². The first-order valence-corrected chi connectivity index (χ1v) is 24.8. The van der Waals surface area contributed by atoms with Crippen molar-refractivity contribution >= 4 is 46.3 Å². The number of hydrogen-bond donors (Lipinski definition) is 3. The smallest absolute Gasteiger partial charge is 0.410 e. The summed E-state index contributed by atoms with van der Waals surface area (Å²) in [4.78, 5) is 66.1. The second-order valence-electron chi connectivity index (χ2n) is 20.2. The molecule has 0 aliphatic carbocycles. The number of aliphatic hydroxyl groups is 1. The molecule has 0 saturated carbocycles. The number of amides is 3. The van der Waals surface area contributed by atoms with Crippen molar-refractivity contribution in [1.82, 2.24) is 35.2 Å². The minimum absolute atomic E-state index is 0.0812. The van der Waals surface area contributed by atoms with Crippen LogP contribution < -0.4 is 10.7 Å². The maximum absolute atomic E-state index is 14.2. The highest BCUT2D eigenvalue weighted by atomic mass is 32.1. The maximum atomic E-state index is 14.2. The number of ether oxygens (including phenoxy) is 4. The average Bonchev–Trinajstić information content (AvgIpc) is 3.92. The van der Waals surface area contributed by atoms with Gasteiger partial charge in [0.25, 0.3) is 5.91 Å². The predicted octanol–water partition coefficient (Wildman–Crippen LogP) is 8.23. The molecule has 3 aromatic heterocycles. The molecule has 3 aliphatic rings. The van der Waals surface area contributed by atoms with E-state index in [2.05, 4.69) is 48.2 Å². The molecule has 6 heterocycles. The summed E-state index contributed by atoms with van der Waals surface area (Å²) in [6, 6.07) is 16.0. The molecular weight excluding hydrogens is 899 g/mol. The van der Waals surface area contributed by atoms with Gasteiger partial charge in [-0.05, 0) is 96.0 Å². The Kier molecular flexibility index (Phi) is 14.5. The van der Waals surface area contributed by atoms with E-state index in [9.17, 15) is 24.3 Å². The SMILES string of the molecule is CCn1c(-c2cc(C3(O)CCN(C(=O)OCc4ccccc4)CC3)cnc2[C@H](C)OC)c2c3cc(ccc31)-c1csc(n1)C[C@H](NC(=O)OC(C)(C)C)C(=O)N1CCC[C@H](N1)C(=O)OCC(C)(C)C2. The molecular formula is C52H65N7O9S. The lowest BCUT2D eigenvalue weighted by molar-refractivity contribution is -0.155. The number of cyclic esters (lactones) is 1. The monoisotopic (exact) mass is 963 g/mol. The summed E-state index contributed by atoms with van der Waals surface area (Å²) in [6.45, 7) is 15.2. The van der Waals surface area contributed by atoms with E-state index in [1.54, 1.807) is 39.0 Å². The third-order valence-corrected chi connectivity index (χ3v) is 14.1. The van der Waals surface area contributed by atoms with Crippen molar-refractivity contribution < 1.29 is 43.2 Å². The highest BCUT2D eigenvalue weighted by Crippen LogP contribution is 2.44. The van der Waals surface area contributed by atoms with Crippen LogP contribution in [0.5, 0.6) is 0 Å². The fourth-order valence-electron chi connectivity index (χ4n) is 9.47. The summed E-state index contributed by atoms with van der Waals surface area (Å²) in [6.07, 6.45) is 2.33. The Morgan fingerprint density at radius 1 is 1.07 bits per heavy atom. The Bertz CT molecular complexity index is 2680. The van der Waals surface area contributed by atoms with E-state index in [0.717, 1.165) is 44.5 Å². The number of benzene rings is 2. The largest absolute Gasteiger partial charge is 0.464 e. The number of aromatic nitrogens is 3. The van der Waals surface area contributed by atoms with Gasteiger partial charge in [0.2, 0.25) is 0 Å². The number of piperidine rings is 1. The van der Waals surface area contributed by atoms with Crippen molar-refractivity contribution in [3.63, 3.8) is 0 Å². The molecule has 368 valence electrons. The van der Waals surface area contributed by atoms with Crippen LogP contribution in [0.25, 0.3) is 33.4 Å². The molecule has 0 radical (unpaired) electrons. The first-order valence-electron chi connectivity index (χ1n) is 23.9. The van der Waals surface area contributed by atoms with Gasteiger partial charge in [-0.2, -0.15) is 0 Å². The maximum Gasteiger partial charge on any atom is 0.410 e. The van der Waals surface area contributed by atoms with E-state index in [1.165, 1.54) is 16.3 Å². The molecule has 2 fully saturated rings. The number of thiazole rings is 1. The van der Waals surface area contributed by atoms with Gasteiger partial charge in [-0.25, -0.2) is 20.0 Å². The van der Waals surface area contributed by atoms with Gasteiger partial charge in [0.1, 0.15) is 24.3 Å². The number of carbonyl (C=O) groups excluding carboxylic acids is 4. The van der Waals surface area contributed by atoms with Gasteiger partial charge < -0.3 is 38.8 Å². The molecule has 3 atom stereocenters. The number of hydrogen-bond acceptors (Lipinski definition) is 13. The van der Waals surface area contributed by atoms with Crippen LogP contribution in [0.15, 0.2) is 66.2 Å². The van der Waals surface area contributed by atoms with Crippen LogP contribution in [-0.2, 0) is 60.1 Å². The molecule has 16 nitrogen and oxygen atoms in total. The number of hydrazine groups is 1. The Morgan fingerprint density at radius 3 is 2.54 bits per heavy atom. The van der Waals surface area contributed by atoms with Gasteiger partial charge in [-0.3, -0.25) is 19.6 Å². The van der Waals surface area contributed by atoms with Crippen molar-refractivity contribution in [1.29, 1.82) is 0 Å². The Hall–Kier alpha value is -5.88. The molecule has 5 aromatic rings. The first kappa shape index (κ1) is 49.5. The molecule has 3 N–H and O–H groups in total. The van der Waals surface area contributed by atoms with Gasteiger partial charge in [0.05, 0.1) is 40.4 Å². The molecule has 0 unspecified atom stereocenters. The minimum atomic E-state index is -1.28. The topological polar surface area (TPSA) is 187 Å². The average molecular weight is 964 g/mol. The van der Waals surface area contributed by atoms with Crippen LogP contribution in [0, 0.1) is 5.41 Å². The standard InChI is InChI=1S/C52H65N7O9S/c1-9-58-42-18-17-34-24-36(42)38(45(58)37-25-35(28-53-44(37)32(2)65-8)52(64)19-22-57(23-20-52)49(63)66-29-33-14-11-10-12-15-33)27-51(6,7)31-67-47(61)39-16-13-21-59(56-39)46(60)40(26-43-54-41(34)30-69-43)55-48(62)68-50(3,4)5/h10-12,14-15,17-18,24-25,28,30,32,39-40,56,64H,9,13,16,19-23,26-27,29,31H2,1-8H3,(H,55,62)/t32-,39-,40-/m0/s1. The van der Waals surface area contributed by atoms with E-state index in [0.29, 0.717) is 61.7 Å². The number of methoxy groups -OCH3 is 1. The quantitative estimate of drug-likeness (QED) is 0.100. The fourth-order valence-corrected chi connectivity index (χ4v) is 10.3. The molecule has 2 saturated heterocycles. The zero-order valence-electron chi connectivity index (χ0n) is 40.9. The number of aryl methyl sites for hydroxylation is 1. The Morgan fingerprint density at radius 2 is 1.83 bits per heavy atom. The number of likely N-dealkylation sites (tertiary alicyclic amines) is 1. The summed E-state index contributed by atoms with van der Waals surface area (Å²) >= 11 is 1.40. The number of carbonyl (C=O) groups is 4. The first-order chi connectivity index (χ1) is 32.8. The number of fused-ring (bicyclic) bond motifs is 6. The van der Waals surface area contributed by atoms with Crippen LogP contribution in [0.1, 0.15) is 108 Å². The number of alkyl carbamates (subject to hydrolysis) is 1. The van der Waals surface area contributed by atoms with E-state index in [4.69, 9.17) is 28.9 Å². The summed E-state index contributed by atoms with van der Waals surface area (Å²) in [5.41, 5.74) is 7.96. The fraction of sp³-hybridized carbons (Fsp3) is 0.500. The number of nitrogens with one attached hydrogen (secondary N) is 2. The summed E-state index contributed by atoms with van der Waals surface area (Å²) < 4.78 is 25.6. The van der Waals surface area contributed by atoms with Crippen molar-refractivity contribution in [3.05, 3.63) is 93.6 Å². The predicted molar refractivity (Wildman–Crippen MR) is 262 cm³/mol. The number of nitrogens with zero attached hydrogens (tertiary/aromatic N) is 5. The van der Waals surface area contributed by atoms with Crippen LogP contribution in [0.3, 0.4) is 0 Å². The van der Waals surface area contributed by atoms with E-state index >= 15 is 0 Å². The second-order valence-corrected chi connectivity index (χ2v) is 21.1. The number of esters is 1. The molecule has 17 heteroatoms. The molecule has 8 rings (SSSR count). The third kappa shape index (κ3) is 11.1. The molecule has 0 spiro atoms. The number of rotatable bonds is 8. The van der Waals surface area contributed by atoms with Crippen molar-refractivity contribution in [3.8, 4) is 22.5 Å². The molecule has 2 aromatic carbocycles. The van der Waals surface area contributed by atoms with Crippen LogP contribution in [0.2, 0.25) is 0 Å². The lowest BCUT2D eigenvalue weighted by Crippen LogP contribution is -2.60.